The third kappa shape index (κ3) is 5.58. The molecule has 7 heteroatoms. The number of hydrogen-bond acceptors (Lipinski definition) is 3. The van der Waals surface area contributed by atoms with Crippen molar-refractivity contribution < 1.29 is 19.5 Å². The number of aliphatic carboxylic acids is 1. The van der Waals surface area contributed by atoms with Crippen molar-refractivity contribution in [3.05, 3.63) is 0 Å². The minimum absolute atomic E-state index is 0.114. The second-order valence-corrected chi connectivity index (χ2v) is 4.77. The van der Waals surface area contributed by atoms with Gasteiger partial charge in [-0.1, -0.05) is 0 Å². The van der Waals surface area contributed by atoms with Gasteiger partial charge >= 0.3 is 12.0 Å². The molecule has 0 radical (unpaired) electrons. The van der Waals surface area contributed by atoms with Gasteiger partial charge in [0.05, 0.1) is 5.92 Å². The number of amides is 3. The summed E-state index contributed by atoms with van der Waals surface area (Å²) in [5, 5.41) is 11.2. The number of carbonyl (C=O) groups excluding carboxylic acids is 2. The van der Waals surface area contributed by atoms with Crippen molar-refractivity contribution in [1.29, 1.82) is 0 Å². The maximum atomic E-state index is 11.8. The van der Waals surface area contributed by atoms with E-state index in [4.69, 9.17) is 10.8 Å². The Morgan fingerprint density at radius 2 is 2.05 bits per heavy atom. The molecule has 0 aromatic heterocycles. The van der Waals surface area contributed by atoms with Gasteiger partial charge in [-0.2, -0.15) is 0 Å². The minimum Gasteiger partial charge on any atom is -0.481 e. The van der Waals surface area contributed by atoms with Crippen molar-refractivity contribution in [2.45, 2.75) is 32.1 Å². The van der Waals surface area contributed by atoms with Gasteiger partial charge in [-0.15, -0.1) is 0 Å². The number of carbonyl (C=O) groups is 3. The molecule has 0 bridgehead atoms. The van der Waals surface area contributed by atoms with Gasteiger partial charge in [0, 0.05) is 26.1 Å². The van der Waals surface area contributed by atoms with Crippen LogP contribution in [-0.2, 0) is 9.59 Å². The van der Waals surface area contributed by atoms with Gasteiger partial charge in [-0.3, -0.25) is 9.59 Å². The fraction of sp³-hybridized carbons (Fsp3) is 0.750. The number of carboxylic acid groups (broad SMARTS) is 1. The molecule has 1 saturated heterocycles. The lowest BCUT2D eigenvalue weighted by Gasteiger charge is -2.31. The molecule has 0 spiro atoms. The molecule has 19 heavy (non-hydrogen) atoms. The molecule has 1 rings (SSSR count). The van der Waals surface area contributed by atoms with E-state index in [1.807, 2.05) is 0 Å². The highest BCUT2D eigenvalue weighted by atomic mass is 16.4. The Bertz CT molecular complexity index is 346. The van der Waals surface area contributed by atoms with Crippen molar-refractivity contribution in [1.82, 2.24) is 10.2 Å². The number of unbranched alkanes of at least 4 members (excludes halogenated alkanes) is 1. The second kappa shape index (κ2) is 7.60. The molecule has 4 N–H and O–H groups in total. The highest BCUT2D eigenvalue weighted by Gasteiger charge is 2.26. The number of primary amides is 1. The minimum atomic E-state index is -0.827. The molecule has 1 heterocycles. The molecule has 0 aromatic carbocycles. The van der Waals surface area contributed by atoms with E-state index >= 15 is 0 Å². The molecule has 0 aliphatic carbocycles. The Kier molecular flexibility index (Phi) is 6.11. The summed E-state index contributed by atoms with van der Waals surface area (Å²) in [5.41, 5.74) is 5.24. The van der Waals surface area contributed by atoms with Crippen LogP contribution in [0.2, 0.25) is 0 Å². The van der Waals surface area contributed by atoms with E-state index in [2.05, 4.69) is 5.32 Å². The maximum Gasteiger partial charge on any atom is 0.317 e. The first kappa shape index (κ1) is 15.3. The van der Waals surface area contributed by atoms with Crippen LogP contribution in [0.25, 0.3) is 0 Å². The highest BCUT2D eigenvalue weighted by molar-refractivity contribution is 5.79. The Morgan fingerprint density at radius 3 is 2.68 bits per heavy atom. The number of nitrogens with one attached hydrogen (secondary N) is 1. The van der Waals surface area contributed by atoms with E-state index in [-0.39, 0.29) is 24.3 Å². The van der Waals surface area contributed by atoms with E-state index in [1.165, 1.54) is 0 Å². The highest BCUT2D eigenvalue weighted by Crippen LogP contribution is 2.15. The molecule has 1 fully saturated rings. The summed E-state index contributed by atoms with van der Waals surface area (Å²) in [6, 6.07) is -0.207. The van der Waals surface area contributed by atoms with Crippen LogP contribution < -0.4 is 11.1 Å². The third-order valence-corrected chi connectivity index (χ3v) is 3.20. The van der Waals surface area contributed by atoms with Gasteiger partial charge in [-0.25, -0.2) is 4.79 Å². The van der Waals surface area contributed by atoms with E-state index in [0.717, 1.165) is 12.8 Å². The van der Waals surface area contributed by atoms with E-state index < -0.39 is 5.97 Å². The Hall–Kier alpha value is -1.79. The number of piperidine rings is 1. The molecule has 0 saturated carbocycles. The zero-order valence-corrected chi connectivity index (χ0v) is 10.9. The van der Waals surface area contributed by atoms with E-state index in [9.17, 15) is 14.4 Å². The second-order valence-electron chi connectivity index (χ2n) is 4.77. The number of nitrogens with zero attached hydrogens (tertiary/aromatic N) is 1. The topological polar surface area (TPSA) is 113 Å². The molecule has 108 valence electrons. The predicted octanol–water partition coefficient (Wildman–Crippen LogP) is 0.148. The zero-order valence-electron chi connectivity index (χ0n) is 10.9. The van der Waals surface area contributed by atoms with Crippen LogP contribution in [0.1, 0.15) is 32.1 Å². The molecule has 1 aliphatic heterocycles. The summed E-state index contributed by atoms with van der Waals surface area (Å²) in [6.45, 7) is 1.45. The first-order valence-electron chi connectivity index (χ1n) is 6.54. The normalized spacial score (nSPS) is 18.9. The molecular formula is C12H21N3O4. The molecular weight excluding hydrogens is 250 g/mol. The summed E-state index contributed by atoms with van der Waals surface area (Å²) in [6.07, 6.45) is 2.80. The summed E-state index contributed by atoms with van der Waals surface area (Å²) >= 11 is 0. The lowest BCUT2D eigenvalue weighted by Crippen LogP contribution is -2.48. The first-order chi connectivity index (χ1) is 9.00. The van der Waals surface area contributed by atoms with Crippen LogP contribution in [0, 0.1) is 5.92 Å². The average Bonchev–Trinajstić information content (AvgIpc) is 2.37. The number of likely N-dealkylation sites (tertiary alicyclic amines) is 1. The molecule has 1 aliphatic rings. The fourth-order valence-electron chi connectivity index (χ4n) is 2.10. The standard InChI is InChI=1S/C12H21N3O4/c13-11(18)9-4-3-7-15(8-9)12(19)14-6-2-1-5-10(16)17/h9H,1-8H2,(H2,13,18)(H,14,19)(H,16,17). The van der Waals surface area contributed by atoms with Gasteiger partial charge in [0.1, 0.15) is 0 Å². The van der Waals surface area contributed by atoms with E-state index in [0.29, 0.717) is 32.5 Å². The van der Waals surface area contributed by atoms with Gasteiger partial charge in [-0.05, 0) is 25.7 Å². The number of hydrogen-bond donors (Lipinski definition) is 3. The van der Waals surface area contributed by atoms with Crippen LogP contribution in [0.15, 0.2) is 0 Å². The molecule has 1 unspecified atom stereocenters. The summed E-state index contributed by atoms with van der Waals surface area (Å²) in [7, 11) is 0. The molecule has 3 amide bonds. The van der Waals surface area contributed by atoms with Gasteiger partial charge < -0.3 is 21.1 Å². The molecule has 7 nitrogen and oxygen atoms in total. The number of rotatable bonds is 6. The average molecular weight is 271 g/mol. The smallest absolute Gasteiger partial charge is 0.317 e. The van der Waals surface area contributed by atoms with Crippen molar-refractivity contribution in [3.8, 4) is 0 Å². The van der Waals surface area contributed by atoms with E-state index in [1.54, 1.807) is 4.90 Å². The number of urea groups is 1. The lowest BCUT2D eigenvalue weighted by molar-refractivity contribution is -0.137. The van der Waals surface area contributed by atoms with Gasteiger partial charge in [0.25, 0.3) is 0 Å². The van der Waals surface area contributed by atoms with Gasteiger partial charge in [0.2, 0.25) is 5.91 Å². The van der Waals surface area contributed by atoms with Crippen LogP contribution in [0.4, 0.5) is 4.79 Å². The van der Waals surface area contributed by atoms with Crippen LogP contribution in [-0.4, -0.2) is 47.5 Å². The third-order valence-electron chi connectivity index (χ3n) is 3.20. The van der Waals surface area contributed by atoms with Crippen LogP contribution in [0.3, 0.4) is 0 Å². The first-order valence-corrected chi connectivity index (χ1v) is 6.54. The molecule has 0 aromatic rings. The van der Waals surface area contributed by atoms with Crippen molar-refractivity contribution in [3.63, 3.8) is 0 Å². The Morgan fingerprint density at radius 1 is 1.32 bits per heavy atom. The summed E-state index contributed by atoms with van der Waals surface area (Å²) in [4.78, 5) is 34.8. The Balaban J connectivity index is 2.21. The van der Waals surface area contributed by atoms with Crippen molar-refractivity contribution in [2.24, 2.45) is 11.7 Å². The monoisotopic (exact) mass is 271 g/mol. The summed E-state index contributed by atoms with van der Waals surface area (Å²) in [5.74, 6) is -1.45. The lowest BCUT2D eigenvalue weighted by atomic mass is 9.98. The predicted molar refractivity (Wildman–Crippen MR) is 68.4 cm³/mol. The number of carboxylic acids is 1. The van der Waals surface area contributed by atoms with Gasteiger partial charge in [0.15, 0.2) is 0 Å². The fourth-order valence-corrected chi connectivity index (χ4v) is 2.10. The van der Waals surface area contributed by atoms with Crippen LogP contribution in [0.5, 0.6) is 0 Å². The Labute approximate surface area is 112 Å². The molecule has 1 atom stereocenters. The largest absolute Gasteiger partial charge is 0.481 e. The quantitative estimate of drug-likeness (QED) is 0.597. The van der Waals surface area contributed by atoms with Crippen molar-refractivity contribution in [2.75, 3.05) is 19.6 Å². The zero-order chi connectivity index (χ0) is 14.3. The SMILES string of the molecule is NC(=O)C1CCCN(C(=O)NCCCCC(=O)O)C1. The van der Waals surface area contributed by atoms with Crippen LogP contribution >= 0.6 is 0 Å². The maximum absolute atomic E-state index is 11.8. The number of nitrogens with two attached hydrogens (primary N) is 1. The van der Waals surface area contributed by atoms with Crippen molar-refractivity contribution >= 4 is 17.9 Å². The summed E-state index contributed by atoms with van der Waals surface area (Å²) < 4.78 is 0.